The molecule has 0 aromatic heterocycles. The van der Waals surface area contributed by atoms with Crippen molar-refractivity contribution in [3.05, 3.63) is 18.6 Å². The molecule has 0 heteroatoms. The smallest absolute Gasteiger partial charge is 0.0199 e. The van der Waals surface area contributed by atoms with Gasteiger partial charge in [-0.15, -0.1) is 6.58 Å². The minimum Gasteiger partial charge on any atom is -0.103 e. The molecule has 0 amide bonds. The summed E-state index contributed by atoms with van der Waals surface area (Å²) in [5.74, 6) is 6.11. The van der Waals surface area contributed by atoms with Crippen LogP contribution in [0.3, 0.4) is 0 Å². The van der Waals surface area contributed by atoms with Crippen molar-refractivity contribution in [1.29, 1.82) is 0 Å². The molecule has 4 aliphatic rings. The van der Waals surface area contributed by atoms with Gasteiger partial charge in [0.2, 0.25) is 0 Å². The Kier molecular flexibility index (Phi) is 1.78. The summed E-state index contributed by atoms with van der Waals surface area (Å²) >= 11 is 0. The van der Waals surface area contributed by atoms with Gasteiger partial charge in [-0.25, -0.2) is 0 Å². The van der Waals surface area contributed by atoms with E-state index < -0.39 is 0 Å². The quantitative estimate of drug-likeness (QED) is 0.563. The van der Waals surface area contributed by atoms with Gasteiger partial charge in [0.25, 0.3) is 0 Å². The Morgan fingerprint density at radius 2 is 1.85 bits per heavy atom. The van der Waals surface area contributed by atoms with Crippen molar-refractivity contribution in [3.63, 3.8) is 0 Å². The van der Waals surface area contributed by atoms with Crippen LogP contribution in [-0.4, -0.2) is 0 Å². The lowest BCUT2D eigenvalue weighted by atomic mass is 9.51. The highest BCUT2D eigenvalue weighted by Gasteiger charge is 2.47. The predicted octanol–water partition coefficient (Wildman–Crippen LogP) is 3.59. The van der Waals surface area contributed by atoms with Crippen LogP contribution in [-0.2, 0) is 0 Å². The van der Waals surface area contributed by atoms with Crippen molar-refractivity contribution in [2.24, 2.45) is 23.7 Å². The lowest BCUT2D eigenvalue weighted by Crippen LogP contribution is -2.43. The van der Waals surface area contributed by atoms with E-state index in [-0.39, 0.29) is 0 Å². The molecule has 4 fully saturated rings. The summed E-state index contributed by atoms with van der Waals surface area (Å²) in [6, 6.07) is 0. The molecule has 3 atom stereocenters. The van der Waals surface area contributed by atoms with Gasteiger partial charge >= 0.3 is 0 Å². The standard InChI is InChI=1S/C13H19/c1-2-3-13-11-5-9-4-10(7-11)8-12(13)6-9/h2,9-11,13H,1,3-8H2. The fraction of sp³-hybridized carbons (Fsp3) is 0.769. The van der Waals surface area contributed by atoms with Crippen LogP contribution in [0.4, 0.5) is 0 Å². The molecule has 3 unspecified atom stereocenters. The first-order valence-electron chi connectivity index (χ1n) is 5.82. The third-order valence-electron chi connectivity index (χ3n) is 4.55. The molecule has 4 bridgehead atoms. The van der Waals surface area contributed by atoms with E-state index in [0.29, 0.717) is 0 Å². The zero-order valence-electron chi connectivity index (χ0n) is 8.34. The Morgan fingerprint density at radius 3 is 2.38 bits per heavy atom. The van der Waals surface area contributed by atoms with Crippen LogP contribution in [0.5, 0.6) is 0 Å². The van der Waals surface area contributed by atoms with Crippen molar-refractivity contribution < 1.29 is 0 Å². The molecule has 0 aromatic carbocycles. The van der Waals surface area contributed by atoms with Gasteiger partial charge in [-0.2, -0.15) is 0 Å². The topological polar surface area (TPSA) is 0 Å². The minimum atomic E-state index is 0.949. The van der Waals surface area contributed by atoms with E-state index in [4.69, 9.17) is 0 Å². The molecule has 0 N–H and O–H groups in total. The zero-order chi connectivity index (χ0) is 8.84. The van der Waals surface area contributed by atoms with Crippen molar-refractivity contribution in [1.82, 2.24) is 0 Å². The normalized spacial score (nSPS) is 48.3. The molecule has 0 aliphatic heterocycles. The molecule has 4 rings (SSSR count). The Labute approximate surface area is 81.4 Å². The first-order valence-corrected chi connectivity index (χ1v) is 5.82. The monoisotopic (exact) mass is 175 g/mol. The van der Waals surface area contributed by atoms with Crippen LogP contribution in [0, 0.1) is 29.6 Å². The van der Waals surface area contributed by atoms with Crippen LogP contribution >= 0.6 is 0 Å². The summed E-state index contributed by atoms with van der Waals surface area (Å²) in [4.78, 5) is 0. The maximum Gasteiger partial charge on any atom is -0.0199 e. The molecule has 0 nitrogen and oxygen atoms in total. The van der Waals surface area contributed by atoms with E-state index in [9.17, 15) is 0 Å². The summed E-state index contributed by atoms with van der Waals surface area (Å²) in [7, 11) is 0. The second-order valence-corrected chi connectivity index (χ2v) is 5.40. The number of hydrogen-bond acceptors (Lipinski definition) is 0. The summed E-state index contributed by atoms with van der Waals surface area (Å²) in [5, 5.41) is 0. The largest absolute Gasteiger partial charge is 0.103 e. The van der Waals surface area contributed by atoms with Gasteiger partial charge in [0.15, 0.2) is 0 Å². The van der Waals surface area contributed by atoms with E-state index in [1.807, 2.05) is 5.92 Å². The summed E-state index contributed by atoms with van der Waals surface area (Å²) in [6.45, 7) is 3.90. The van der Waals surface area contributed by atoms with Gasteiger partial charge in [0, 0.05) is 0 Å². The number of allylic oxidation sites excluding steroid dienone is 1. The molecule has 0 aromatic rings. The van der Waals surface area contributed by atoms with Crippen molar-refractivity contribution in [3.8, 4) is 0 Å². The Balaban J connectivity index is 1.81. The van der Waals surface area contributed by atoms with E-state index >= 15 is 0 Å². The molecule has 71 valence electrons. The van der Waals surface area contributed by atoms with Gasteiger partial charge in [0.1, 0.15) is 0 Å². The SMILES string of the molecule is C=CCC1[C]2CC3CC(C2)CC1C3. The fourth-order valence-electron chi connectivity index (χ4n) is 4.28. The van der Waals surface area contributed by atoms with Crippen LogP contribution in [0.2, 0.25) is 0 Å². The average Bonchev–Trinajstić information content (AvgIpc) is 2.10. The lowest BCUT2D eigenvalue weighted by molar-refractivity contribution is 0.0437. The molecular formula is C13H19. The molecule has 13 heavy (non-hydrogen) atoms. The maximum absolute atomic E-state index is 3.90. The molecule has 0 spiro atoms. The first-order chi connectivity index (χ1) is 6.36. The van der Waals surface area contributed by atoms with Crippen molar-refractivity contribution >= 4 is 0 Å². The molecule has 4 aliphatic carbocycles. The van der Waals surface area contributed by atoms with E-state index in [1.165, 1.54) is 19.3 Å². The maximum atomic E-state index is 3.90. The second kappa shape index (κ2) is 2.87. The summed E-state index contributed by atoms with van der Waals surface area (Å²) in [6.07, 6.45) is 11.0. The van der Waals surface area contributed by atoms with Gasteiger partial charge in [0.05, 0.1) is 0 Å². The number of hydrogen-bond donors (Lipinski definition) is 0. The van der Waals surface area contributed by atoms with E-state index in [0.717, 1.165) is 23.7 Å². The van der Waals surface area contributed by atoms with Crippen LogP contribution in [0.1, 0.15) is 38.5 Å². The van der Waals surface area contributed by atoms with E-state index in [1.54, 1.807) is 19.3 Å². The highest BCUT2D eigenvalue weighted by atomic mass is 14.5. The van der Waals surface area contributed by atoms with Crippen LogP contribution in [0.15, 0.2) is 12.7 Å². The lowest BCUT2D eigenvalue weighted by Gasteiger charge is -2.54. The summed E-state index contributed by atoms with van der Waals surface area (Å²) < 4.78 is 0. The summed E-state index contributed by atoms with van der Waals surface area (Å²) in [5.41, 5.74) is 0. The second-order valence-electron chi connectivity index (χ2n) is 5.40. The first kappa shape index (κ1) is 8.08. The molecule has 0 saturated heterocycles. The highest BCUT2D eigenvalue weighted by molar-refractivity contribution is 5.14. The van der Waals surface area contributed by atoms with Gasteiger partial charge < -0.3 is 0 Å². The van der Waals surface area contributed by atoms with Gasteiger partial charge in [-0.05, 0) is 68.1 Å². The third kappa shape index (κ3) is 1.18. The third-order valence-corrected chi connectivity index (χ3v) is 4.55. The molecule has 1 radical (unpaired) electrons. The van der Waals surface area contributed by atoms with Crippen LogP contribution in [0.25, 0.3) is 0 Å². The van der Waals surface area contributed by atoms with E-state index in [2.05, 4.69) is 12.7 Å². The van der Waals surface area contributed by atoms with Gasteiger partial charge in [-0.3, -0.25) is 0 Å². The number of rotatable bonds is 2. The molecule has 4 saturated carbocycles. The zero-order valence-corrected chi connectivity index (χ0v) is 8.34. The van der Waals surface area contributed by atoms with Crippen molar-refractivity contribution in [2.45, 2.75) is 38.5 Å². The van der Waals surface area contributed by atoms with Crippen molar-refractivity contribution in [2.75, 3.05) is 0 Å². The molecular weight excluding hydrogens is 156 g/mol. The molecule has 0 heterocycles. The Morgan fingerprint density at radius 1 is 1.15 bits per heavy atom. The Bertz CT molecular complexity index is 188. The minimum absolute atomic E-state index is 0.949. The highest BCUT2D eigenvalue weighted by Crippen LogP contribution is 2.58. The fourth-order valence-corrected chi connectivity index (χ4v) is 4.28. The average molecular weight is 175 g/mol. The predicted molar refractivity (Wildman–Crippen MR) is 55.1 cm³/mol. The van der Waals surface area contributed by atoms with Gasteiger partial charge in [-0.1, -0.05) is 6.08 Å². The Hall–Kier alpha value is -0.260. The van der Waals surface area contributed by atoms with Crippen LogP contribution < -0.4 is 0 Å².